The minimum absolute atomic E-state index is 0.0120. The first-order valence-electron chi connectivity index (χ1n) is 9.63. The van der Waals surface area contributed by atoms with Crippen LogP contribution in [0.15, 0.2) is 99.9 Å². The Balaban J connectivity index is 1.82. The van der Waals surface area contributed by atoms with Gasteiger partial charge in [-0.05, 0) is 24.6 Å². The number of aromatic nitrogens is 2. The van der Waals surface area contributed by atoms with Gasteiger partial charge in [-0.1, -0.05) is 90.1 Å². The van der Waals surface area contributed by atoms with Gasteiger partial charge in [0.05, 0.1) is 10.1 Å². The van der Waals surface area contributed by atoms with Crippen LogP contribution in [-0.2, 0) is 14.6 Å². The first-order chi connectivity index (χ1) is 15.0. The molecule has 0 saturated carbocycles. The van der Waals surface area contributed by atoms with Crippen LogP contribution < -0.4 is 0 Å². The number of aryl methyl sites for hydroxylation is 1. The van der Waals surface area contributed by atoms with Gasteiger partial charge in [0, 0.05) is 5.56 Å². The fourth-order valence-electron chi connectivity index (χ4n) is 3.11. The summed E-state index contributed by atoms with van der Waals surface area (Å²) < 4.78 is 26.8. The minimum Gasteiger partial charge on any atom is -0.328 e. The number of carbonyl (C=O) groups excluding carboxylic acids is 1. The van der Waals surface area contributed by atoms with E-state index in [1.807, 2.05) is 61.5 Å². The highest BCUT2D eigenvalue weighted by Crippen LogP contribution is 2.39. The molecule has 1 heterocycles. The van der Waals surface area contributed by atoms with Gasteiger partial charge in [-0.2, -0.15) is 0 Å². The number of rotatable bonds is 7. The van der Waals surface area contributed by atoms with Crippen molar-refractivity contribution in [1.82, 2.24) is 9.97 Å². The van der Waals surface area contributed by atoms with Gasteiger partial charge in [-0.3, -0.25) is 0 Å². The molecule has 4 aromatic rings. The lowest BCUT2D eigenvalue weighted by Crippen LogP contribution is -2.05. The number of nitrogens with zero attached hydrogens (tertiary/aromatic N) is 1. The molecule has 0 aliphatic rings. The fraction of sp³-hybridized carbons (Fsp3) is 0.0833. The third kappa shape index (κ3) is 4.47. The van der Waals surface area contributed by atoms with Crippen molar-refractivity contribution in [2.45, 2.75) is 27.1 Å². The number of imidazole rings is 1. The second-order valence-electron chi connectivity index (χ2n) is 6.99. The molecule has 31 heavy (non-hydrogen) atoms. The first kappa shape index (κ1) is 21.1. The van der Waals surface area contributed by atoms with Crippen LogP contribution in [0, 0.1) is 6.92 Å². The zero-order valence-electron chi connectivity index (χ0n) is 16.7. The van der Waals surface area contributed by atoms with Crippen LogP contribution in [-0.4, -0.2) is 24.7 Å². The van der Waals surface area contributed by atoms with Crippen LogP contribution in [0.5, 0.6) is 0 Å². The third-order valence-corrected chi connectivity index (χ3v) is 7.79. The molecule has 1 unspecified atom stereocenters. The predicted octanol–water partition coefficient (Wildman–Crippen LogP) is 5.25. The number of benzene rings is 3. The molecule has 1 aromatic heterocycles. The number of carbonyl (C=O) groups is 1. The van der Waals surface area contributed by atoms with E-state index in [0.717, 1.165) is 34.7 Å². The van der Waals surface area contributed by atoms with Crippen LogP contribution in [0.25, 0.3) is 11.4 Å². The molecule has 3 aromatic carbocycles. The Labute approximate surface area is 185 Å². The van der Waals surface area contributed by atoms with E-state index in [0.29, 0.717) is 5.82 Å². The van der Waals surface area contributed by atoms with E-state index >= 15 is 0 Å². The molecule has 0 aliphatic heterocycles. The number of aromatic amines is 1. The maximum absolute atomic E-state index is 13.4. The monoisotopic (exact) mass is 448 g/mol. The van der Waals surface area contributed by atoms with Crippen molar-refractivity contribution in [2.75, 3.05) is 0 Å². The SMILES string of the molecule is Cc1ccc(-c2nc(SC(C=O)c3ccccc3)c(S(=O)(=O)c3ccccc3)[nH]2)cc1. The Morgan fingerprint density at radius 3 is 2.13 bits per heavy atom. The number of thioether (sulfide) groups is 1. The molecule has 0 radical (unpaired) electrons. The van der Waals surface area contributed by atoms with Crippen LogP contribution >= 0.6 is 11.8 Å². The molecule has 1 N–H and O–H groups in total. The van der Waals surface area contributed by atoms with Gasteiger partial charge in [0.1, 0.15) is 17.1 Å². The number of aldehydes is 1. The van der Waals surface area contributed by atoms with E-state index in [1.165, 1.54) is 0 Å². The van der Waals surface area contributed by atoms with Crippen molar-refractivity contribution in [3.8, 4) is 11.4 Å². The van der Waals surface area contributed by atoms with Crippen LogP contribution in [0.1, 0.15) is 16.4 Å². The first-order valence-corrected chi connectivity index (χ1v) is 12.0. The summed E-state index contributed by atoms with van der Waals surface area (Å²) in [5.41, 5.74) is 2.64. The number of hydrogen-bond acceptors (Lipinski definition) is 5. The number of hydrogen-bond donors (Lipinski definition) is 1. The molecule has 1 atom stereocenters. The highest BCUT2D eigenvalue weighted by molar-refractivity contribution is 8.01. The largest absolute Gasteiger partial charge is 0.328 e. The average Bonchev–Trinajstić information content (AvgIpc) is 3.24. The van der Waals surface area contributed by atoms with Gasteiger partial charge in [-0.25, -0.2) is 13.4 Å². The summed E-state index contributed by atoms with van der Waals surface area (Å²) in [6.45, 7) is 1.98. The zero-order chi connectivity index (χ0) is 21.8. The van der Waals surface area contributed by atoms with Gasteiger partial charge in [0.15, 0.2) is 5.03 Å². The summed E-state index contributed by atoms with van der Waals surface area (Å²) in [5.74, 6) is 0.440. The molecule has 7 heteroatoms. The molecule has 4 rings (SSSR count). The zero-order valence-corrected chi connectivity index (χ0v) is 18.4. The smallest absolute Gasteiger partial charge is 0.224 e. The summed E-state index contributed by atoms with van der Waals surface area (Å²) in [6.07, 6.45) is 0.805. The lowest BCUT2D eigenvalue weighted by atomic mass is 10.1. The quantitative estimate of drug-likeness (QED) is 0.308. The van der Waals surface area contributed by atoms with Crippen LogP contribution in [0.3, 0.4) is 0 Å². The Kier molecular flexibility index (Phi) is 6.06. The van der Waals surface area contributed by atoms with E-state index in [1.54, 1.807) is 30.3 Å². The third-order valence-electron chi connectivity index (χ3n) is 4.78. The standard InChI is InChI=1S/C24H20N2O3S2/c1-17-12-14-19(15-13-17)22-25-23(30-21(16-27)18-8-4-2-5-9-18)24(26-22)31(28,29)20-10-6-3-7-11-20/h2-16,21H,1H3,(H,25,26). The van der Waals surface area contributed by atoms with E-state index in [2.05, 4.69) is 9.97 Å². The van der Waals surface area contributed by atoms with Gasteiger partial charge >= 0.3 is 0 Å². The highest BCUT2D eigenvalue weighted by atomic mass is 32.2. The topological polar surface area (TPSA) is 79.9 Å². The molecule has 0 amide bonds. The summed E-state index contributed by atoms with van der Waals surface area (Å²) in [4.78, 5) is 19.6. The van der Waals surface area contributed by atoms with Crippen molar-refractivity contribution in [1.29, 1.82) is 0 Å². The lowest BCUT2D eigenvalue weighted by molar-refractivity contribution is -0.107. The Bertz CT molecular complexity index is 1280. The van der Waals surface area contributed by atoms with E-state index in [-0.39, 0.29) is 14.9 Å². The van der Waals surface area contributed by atoms with Crippen molar-refractivity contribution >= 4 is 27.9 Å². The lowest BCUT2D eigenvalue weighted by Gasteiger charge is -2.10. The summed E-state index contributed by atoms with van der Waals surface area (Å²) >= 11 is 1.12. The molecule has 5 nitrogen and oxygen atoms in total. The number of H-pyrrole nitrogens is 1. The maximum Gasteiger partial charge on any atom is 0.224 e. The van der Waals surface area contributed by atoms with Crippen molar-refractivity contribution in [3.05, 3.63) is 96.1 Å². The van der Waals surface area contributed by atoms with Crippen molar-refractivity contribution < 1.29 is 13.2 Å². The van der Waals surface area contributed by atoms with Gasteiger partial charge in [0.2, 0.25) is 9.84 Å². The minimum atomic E-state index is -3.86. The molecule has 0 aliphatic carbocycles. The molecule has 0 saturated heterocycles. The normalized spacial score (nSPS) is 12.4. The Morgan fingerprint density at radius 1 is 0.903 bits per heavy atom. The number of nitrogens with one attached hydrogen (secondary N) is 1. The second kappa shape index (κ2) is 8.91. The Morgan fingerprint density at radius 2 is 1.52 bits per heavy atom. The van der Waals surface area contributed by atoms with Crippen molar-refractivity contribution in [2.24, 2.45) is 0 Å². The average molecular weight is 449 g/mol. The van der Waals surface area contributed by atoms with Gasteiger partial charge in [-0.15, -0.1) is 0 Å². The molecule has 0 bridgehead atoms. The maximum atomic E-state index is 13.4. The molecular weight excluding hydrogens is 428 g/mol. The molecule has 156 valence electrons. The highest BCUT2D eigenvalue weighted by Gasteiger charge is 2.28. The van der Waals surface area contributed by atoms with Crippen LogP contribution in [0.4, 0.5) is 0 Å². The van der Waals surface area contributed by atoms with E-state index in [9.17, 15) is 13.2 Å². The van der Waals surface area contributed by atoms with Crippen LogP contribution in [0.2, 0.25) is 0 Å². The fourth-order valence-corrected chi connectivity index (χ4v) is 5.73. The van der Waals surface area contributed by atoms with E-state index < -0.39 is 15.1 Å². The van der Waals surface area contributed by atoms with Gasteiger partial charge in [0.25, 0.3) is 0 Å². The second-order valence-corrected chi connectivity index (χ2v) is 10.0. The van der Waals surface area contributed by atoms with E-state index in [4.69, 9.17) is 0 Å². The summed E-state index contributed by atoms with van der Waals surface area (Å²) in [5, 5.41) is -0.331. The predicted molar refractivity (Wildman–Crippen MR) is 122 cm³/mol. The molecular formula is C24H20N2O3S2. The number of sulfone groups is 1. The molecule has 0 spiro atoms. The van der Waals surface area contributed by atoms with Gasteiger partial charge < -0.3 is 9.78 Å². The summed E-state index contributed by atoms with van der Waals surface area (Å²) in [7, 11) is -3.86. The van der Waals surface area contributed by atoms with Crippen molar-refractivity contribution in [3.63, 3.8) is 0 Å². The summed E-state index contributed by atoms with van der Waals surface area (Å²) in [6, 6.07) is 25.1. The molecule has 0 fully saturated rings. The Hall–Kier alpha value is -3.16.